The Morgan fingerprint density at radius 1 is 1.15 bits per heavy atom. The highest BCUT2D eigenvalue weighted by Gasteiger charge is 2.52. The fraction of sp³-hybridized carbons (Fsp3) is 0.286. The number of carbonyl (C=O) groups excluding carboxylic acids is 1. The van der Waals surface area contributed by atoms with Crippen LogP contribution in [-0.4, -0.2) is 17.1 Å². The zero-order chi connectivity index (χ0) is 15.0. The number of aromatic nitrogens is 1. The number of amides is 1. The fourth-order valence-corrected chi connectivity index (χ4v) is 1.61. The van der Waals surface area contributed by atoms with Crippen LogP contribution in [0.4, 0.5) is 18.9 Å². The fourth-order valence-electron chi connectivity index (χ4n) is 1.61. The Hall–Kier alpha value is -2.11. The van der Waals surface area contributed by atoms with E-state index in [2.05, 4.69) is 10.3 Å². The lowest BCUT2D eigenvalue weighted by Gasteiger charge is -2.26. The summed E-state index contributed by atoms with van der Waals surface area (Å²) in [4.78, 5) is 15.9. The van der Waals surface area contributed by atoms with E-state index in [0.717, 1.165) is 19.2 Å². The van der Waals surface area contributed by atoms with E-state index in [-0.39, 0.29) is 5.69 Å². The number of rotatable bonds is 2. The second-order valence-electron chi connectivity index (χ2n) is 4.96. The molecule has 20 heavy (non-hydrogen) atoms. The van der Waals surface area contributed by atoms with Crippen LogP contribution in [0.3, 0.4) is 0 Å². The van der Waals surface area contributed by atoms with Gasteiger partial charge in [0.1, 0.15) is 5.41 Å². The SMILES string of the molecule is CC(C)(C(=O)Nc1cccc2cccnc12)C(F)(F)F. The van der Waals surface area contributed by atoms with Crippen LogP contribution in [0.2, 0.25) is 0 Å². The molecule has 0 unspecified atom stereocenters. The quantitative estimate of drug-likeness (QED) is 0.911. The molecule has 106 valence electrons. The van der Waals surface area contributed by atoms with Gasteiger partial charge < -0.3 is 5.32 Å². The number of carbonyl (C=O) groups is 1. The molecule has 1 N–H and O–H groups in total. The van der Waals surface area contributed by atoms with Crippen LogP contribution in [0.25, 0.3) is 10.9 Å². The molecule has 0 fully saturated rings. The van der Waals surface area contributed by atoms with Crippen molar-refractivity contribution in [1.82, 2.24) is 4.98 Å². The van der Waals surface area contributed by atoms with E-state index in [9.17, 15) is 18.0 Å². The molecule has 3 nitrogen and oxygen atoms in total. The Bertz CT molecular complexity index is 645. The lowest BCUT2D eigenvalue weighted by atomic mass is 9.91. The number of pyridine rings is 1. The van der Waals surface area contributed by atoms with Gasteiger partial charge in [-0.3, -0.25) is 9.78 Å². The van der Waals surface area contributed by atoms with Crippen molar-refractivity contribution in [3.05, 3.63) is 36.5 Å². The van der Waals surface area contributed by atoms with E-state index in [0.29, 0.717) is 5.52 Å². The number of hydrogen-bond donors (Lipinski definition) is 1. The van der Waals surface area contributed by atoms with Crippen LogP contribution in [0, 0.1) is 5.41 Å². The van der Waals surface area contributed by atoms with Gasteiger partial charge >= 0.3 is 6.18 Å². The summed E-state index contributed by atoms with van der Waals surface area (Å²) in [5, 5.41) is 3.06. The highest BCUT2D eigenvalue weighted by Crippen LogP contribution is 2.38. The average Bonchev–Trinajstić information content (AvgIpc) is 2.37. The molecule has 0 saturated heterocycles. The molecule has 0 atom stereocenters. The largest absolute Gasteiger partial charge is 0.402 e. The van der Waals surface area contributed by atoms with Gasteiger partial charge in [-0.1, -0.05) is 18.2 Å². The standard InChI is InChI=1S/C14H13F3N2O/c1-13(2,14(15,16)17)12(20)19-10-7-3-5-9-6-4-8-18-11(9)10/h3-8H,1-2H3,(H,19,20). The van der Waals surface area contributed by atoms with Crippen LogP contribution in [0.5, 0.6) is 0 Å². The predicted molar refractivity (Wildman–Crippen MR) is 70.2 cm³/mol. The number of anilines is 1. The van der Waals surface area contributed by atoms with Crippen molar-refractivity contribution in [2.75, 3.05) is 5.32 Å². The van der Waals surface area contributed by atoms with Gasteiger partial charge in [-0.15, -0.1) is 0 Å². The van der Waals surface area contributed by atoms with Crippen molar-refractivity contribution in [3.63, 3.8) is 0 Å². The van der Waals surface area contributed by atoms with Crippen molar-refractivity contribution in [1.29, 1.82) is 0 Å². The number of nitrogens with zero attached hydrogens (tertiary/aromatic N) is 1. The second-order valence-corrected chi connectivity index (χ2v) is 4.96. The van der Waals surface area contributed by atoms with Crippen molar-refractivity contribution in [2.24, 2.45) is 5.41 Å². The minimum atomic E-state index is -4.62. The third kappa shape index (κ3) is 2.45. The maximum Gasteiger partial charge on any atom is 0.402 e. The average molecular weight is 282 g/mol. The van der Waals surface area contributed by atoms with Crippen molar-refractivity contribution >= 4 is 22.5 Å². The number of benzene rings is 1. The van der Waals surface area contributed by atoms with Gasteiger partial charge in [-0.25, -0.2) is 0 Å². The van der Waals surface area contributed by atoms with Gasteiger partial charge in [0.25, 0.3) is 0 Å². The summed E-state index contributed by atoms with van der Waals surface area (Å²) in [5.41, 5.74) is -1.74. The molecule has 1 aromatic heterocycles. The lowest BCUT2D eigenvalue weighted by molar-refractivity contribution is -0.208. The van der Waals surface area contributed by atoms with Crippen LogP contribution >= 0.6 is 0 Å². The summed E-state index contributed by atoms with van der Waals surface area (Å²) < 4.78 is 38.5. The Morgan fingerprint density at radius 2 is 1.80 bits per heavy atom. The molecule has 0 bridgehead atoms. The molecule has 6 heteroatoms. The van der Waals surface area contributed by atoms with E-state index >= 15 is 0 Å². The topological polar surface area (TPSA) is 42.0 Å². The van der Waals surface area contributed by atoms with E-state index in [1.807, 2.05) is 0 Å². The first kappa shape index (κ1) is 14.3. The van der Waals surface area contributed by atoms with E-state index in [4.69, 9.17) is 0 Å². The summed E-state index contributed by atoms with van der Waals surface area (Å²) in [6.45, 7) is 1.70. The summed E-state index contributed by atoms with van der Waals surface area (Å²) in [5.74, 6) is -1.11. The Balaban J connectivity index is 2.36. The van der Waals surface area contributed by atoms with E-state index in [1.165, 1.54) is 12.3 Å². The molecule has 1 heterocycles. The van der Waals surface area contributed by atoms with Gasteiger partial charge in [0.2, 0.25) is 5.91 Å². The molecule has 1 amide bonds. The monoisotopic (exact) mass is 282 g/mol. The number of fused-ring (bicyclic) bond motifs is 1. The molecular formula is C14H13F3N2O. The summed E-state index contributed by atoms with van der Waals surface area (Å²) in [7, 11) is 0. The smallest absolute Gasteiger partial charge is 0.323 e. The van der Waals surface area contributed by atoms with Crippen LogP contribution < -0.4 is 5.32 Å². The second kappa shape index (κ2) is 4.77. The molecule has 2 aromatic rings. The maximum atomic E-state index is 12.8. The normalized spacial score (nSPS) is 12.4. The Morgan fingerprint density at radius 3 is 2.45 bits per heavy atom. The number of para-hydroxylation sites is 1. The molecule has 0 spiro atoms. The Kier molecular flexibility index (Phi) is 3.41. The number of hydrogen-bond acceptors (Lipinski definition) is 2. The first-order valence-electron chi connectivity index (χ1n) is 5.95. The summed E-state index contributed by atoms with van der Waals surface area (Å²) in [6, 6.07) is 8.44. The predicted octanol–water partition coefficient (Wildman–Crippen LogP) is 3.76. The van der Waals surface area contributed by atoms with Gasteiger partial charge in [0.05, 0.1) is 11.2 Å². The molecule has 0 aliphatic heterocycles. The van der Waals surface area contributed by atoms with Crippen molar-refractivity contribution < 1.29 is 18.0 Å². The minimum absolute atomic E-state index is 0.269. The van der Waals surface area contributed by atoms with Gasteiger partial charge in [-0.05, 0) is 26.0 Å². The maximum absolute atomic E-state index is 12.8. The molecular weight excluding hydrogens is 269 g/mol. The Labute approximate surface area is 113 Å². The molecule has 0 saturated carbocycles. The molecule has 2 rings (SSSR count). The van der Waals surface area contributed by atoms with Crippen LogP contribution in [0.1, 0.15) is 13.8 Å². The number of alkyl halides is 3. The number of halogens is 3. The van der Waals surface area contributed by atoms with E-state index in [1.54, 1.807) is 24.3 Å². The molecule has 0 radical (unpaired) electrons. The minimum Gasteiger partial charge on any atom is -0.323 e. The zero-order valence-corrected chi connectivity index (χ0v) is 11.0. The van der Waals surface area contributed by atoms with E-state index < -0.39 is 17.5 Å². The number of nitrogens with one attached hydrogen (secondary N) is 1. The van der Waals surface area contributed by atoms with Gasteiger partial charge in [0, 0.05) is 11.6 Å². The first-order chi connectivity index (χ1) is 9.23. The van der Waals surface area contributed by atoms with Crippen molar-refractivity contribution in [2.45, 2.75) is 20.0 Å². The highest BCUT2D eigenvalue weighted by atomic mass is 19.4. The molecule has 1 aromatic carbocycles. The first-order valence-corrected chi connectivity index (χ1v) is 5.95. The van der Waals surface area contributed by atoms with Gasteiger partial charge in [-0.2, -0.15) is 13.2 Å². The zero-order valence-electron chi connectivity index (χ0n) is 11.0. The third-order valence-corrected chi connectivity index (χ3v) is 3.16. The molecule has 0 aliphatic rings. The van der Waals surface area contributed by atoms with Crippen molar-refractivity contribution in [3.8, 4) is 0 Å². The summed E-state index contributed by atoms with van der Waals surface area (Å²) >= 11 is 0. The lowest BCUT2D eigenvalue weighted by Crippen LogP contribution is -2.43. The van der Waals surface area contributed by atoms with Crippen LogP contribution in [-0.2, 0) is 4.79 Å². The van der Waals surface area contributed by atoms with Gasteiger partial charge in [0.15, 0.2) is 0 Å². The highest BCUT2D eigenvalue weighted by molar-refractivity contribution is 6.02. The molecule has 0 aliphatic carbocycles. The summed E-state index contributed by atoms with van der Waals surface area (Å²) in [6.07, 6.45) is -3.10. The third-order valence-electron chi connectivity index (χ3n) is 3.16. The van der Waals surface area contributed by atoms with Crippen LogP contribution in [0.15, 0.2) is 36.5 Å².